The van der Waals surface area contributed by atoms with E-state index in [1.54, 1.807) is 0 Å². The zero-order valence-electron chi connectivity index (χ0n) is 10.9. The second-order valence-electron chi connectivity index (χ2n) is 6.05. The van der Waals surface area contributed by atoms with Crippen molar-refractivity contribution in [3.05, 3.63) is 0 Å². The molecule has 0 spiro atoms. The van der Waals surface area contributed by atoms with Gasteiger partial charge in [0.2, 0.25) is 0 Å². The molecule has 0 aromatic carbocycles. The molecule has 1 saturated carbocycles. The summed E-state index contributed by atoms with van der Waals surface area (Å²) in [6.07, 6.45) is 6.81. The van der Waals surface area contributed by atoms with Crippen molar-refractivity contribution in [2.45, 2.75) is 38.1 Å². The Kier molecular flexibility index (Phi) is 3.88. The van der Waals surface area contributed by atoms with Gasteiger partial charge in [-0.1, -0.05) is 6.42 Å². The highest BCUT2D eigenvalue weighted by molar-refractivity contribution is 4.92. The lowest BCUT2D eigenvalue weighted by Gasteiger charge is -2.47. The highest BCUT2D eigenvalue weighted by Gasteiger charge is 2.38. The summed E-state index contributed by atoms with van der Waals surface area (Å²) in [5.41, 5.74) is 6.42. The third-order valence-electron chi connectivity index (χ3n) is 4.62. The van der Waals surface area contributed by atoms with Crippen LogP contribution in [0, 0.1) is 5.41 Å². The molecule has 1 heterocycles. The van der Waals surface area contributed by atoms with E-state index >= 15 is 0 Å². The minimum Gasteiger partial charge on any atom is -0.330 e. The molecule has 0 amide bonds. The molecule has 3 heteroatoms. The average Bonchev–Trinajstić information content (AvgIpc) is 2.24. The Morgan fingerprint density at radius 3 is 2.56 bits per heavy atom. The summed E-state index contributed by atoms with van der Waals surface area (Å²) >= 11 is 0. The van der Waals surface area contributed by atoms with Crippen LogP contribution in [0.4, 0.5) is 0 Å². The number of likely N-dealkylation sites (tertiary alicyclic amines) is 1. The first-order chi connectivity index (χ1) is 7.65. The van der Waals surface area contributed by atoms with Gasteiger partial charge in [-0.2, -0.15) is 0 Å². The molecule has 2 N–H and O–H groups in total. The summed E-state index contributed by atoms with van der Waals surface area (Å²) in [5, 5.41) is 0. The fourth-order valence-electron chi connectivity index (χ4n) is 3.17. The maximum absolute atomic E-state index is 5.94. The maximum atomic E-state index is 5.94. The minimum absolute atomic E-state index is 0.480. The maximum Gasteiger partial charge on any atom is 0.0217 e. The van der Waals surface area contributed by atoms with Crippen molar-refractivity contribution >= 4 is 0 Å². The number of rotatable bonds is 4. The first-order valence-corrected chi connectivity index (χ1v) is 6.74. The molecule has 0 radical (unpaired) electrons. The second kappa shape index (κ2) is 5.03. The number of hydrogen-bond donors (Lipinski definition) is 1. The smallest absolute Gasteiger partial charge is 0.0217 e. The SMILES string of the molecule is CN(C)C1CCCN(CC2(CN)CCC2)C1. The van der Waals surface area contributed by atoms with Crippen molar-refractivity contribution in [1.29, 1.82) is 0 Å². The summed E-state index contributed by atoms with van der Waals surface area (Å²) in [7, 11) is 4.41. The summed E-state index contributed by atoms with van der Waals surface area (Å²) in [6.45, 7) is 4.66. The summed E-state index contributed by atoms with van der Waals surface area (Å²) in [6, 6.07) is 0.753. The van der Waals surface area contributed by atoms with E-state index in [0.29, 0.717) is 5.41 Å². The largest absolute Gasteiger partial charge is 0.330 e. The summed E-state index contributed by atoms with van der Waals surface area (Å²) in [5.74, 6) is 0. The molecular formula is C13H27N3. The van der Waals surface area contributed by atoms with Gasteiger partial charge in [-0.05, 0) is 58.3 Å². The predicted molar refractivity (Wildman–Crippen MR) is 68.5 cm³/mol. The topological polar surface area (TPSA) is 32.5 Å². The van der Waals surface area contributed by atoms with Crippen LogP contribution in [0.5, 0.6) is 0 Å². The lowest BCUT2D eigenvalue weighted by atomic mass is 9.68. The molecule has 0 aromatic heterocycles. The van der Waals surface area contributed by atoms with E-state index in [0.717, 1.165) is 12.6 Å². The summed E-state index contributed by atoms with van der Waals surface area (Å²) in [4.78, 5) is 5.03. The van der Waals surface area contributed by atoms with Crippen LogP contribution < -0.4 is 5.73 Å². The highest BCUT2D eigenvalue weighted by atomic mass is 15.2. The fourth-order valence-corrected chi connectivity index (χ4v) is 3.17. The third kappa shape index (κ3) is 2.58. The van der Waals surface area contributed by atoms with Crippen LogP contribution in [0.2, 0.25) is 0 Å². The molecule has 1 saturated heterocycles. The molecule has 1 aliphatic heterocycles. The van der Waals surface area contributed by atoms with Crippen molar-refractivity contribution in [2.75, 3.05) is 40.3 Å². The van der Waals surface area contributed by atoms with Crippen LogP contribution in [-0.2, 0) is 0 Å². The molecule has 1 aliphatic carbocycles. The van der Waals surface area contributed by atoms with Crippen LogP contribution in [-0.4, -0.2) is 56.1 Å². The van der Waals surface area contributed by atoms with Crippen LogP contribution in [0.25, 0.3) is 0 Å². The molecule has 2 rings (SSSR count). The van der Waals surface area contributed by atoms with E-state index in [1.807, 2.05) is 0 Å². The highest BCUT2D eigenvalue weighted by Crippen LogP contribution is 2.40. The van der Waals surface area contributed by atoms with Gasteiger partial charge < -0.3 is 15.5 Å². The van der Waals surface area contributed by atoms with Crippen molar-refractivity contribution in [1.82, 2.24) is 9.80 Å². The van der Waals surface area contributed by atoms with Gasteiger partial charge in [0, 0.05) is 19.1 Å². The lowest BCUT2D eigenvalue weighted by molar-refractivity contribution is 0.0430. The Morgan fingerprint density at radius 2 is 2.06 bits per heavy atom. The molecule has 94 valence electrons. The third-order valence-corrected chi connectivity index (χ3v) is 4.62. The molecule has 0 aromatic rings. The van der Waals surface area contributed by atoms with E-state index in [4.69, 9.17) is 5.73 Å². The molecule has 0 bridgehead atoms. The average molecular weight is 225 g/mol. The van der Waals surface area contributed by atoms with Gasteiger partial charge in [0.1, 0.15) is 0 Å². The van der Waals surface area contributed by atoms with Crippen molar-refractivity contribution in [3.63, 3.8) is 0 Å². The van der Waals surface area contributed by atoms with E-state index < -0.39 is 0 Å². The quantitative estimate of drug-likeness (QED) is 0.779. The van der Waals surface area contributed by atoms with Crippen LogP contribution in [0.1, 0.15) is 32.1 Å². The molecule has 2 fully saturated rings. The Hall–Kier alpha value is -0.120. The normalized spacial score (nSPS) is 30.4. The van der Waals surface area contributed by atoms with Crippen LogP contribution in [0.3, 0.4) is 0 Å². The van der Waals surface area contributed by atoms with Crippen molar-refractivity contribution in [2.24, 2.45) is 11.1 Å². The van der Waals surface area contributed by atoms with Crippen LogP contribution >= 0.6 is 0 Å². The summed E-state index contributed by atoms with van der Waals surface area (Å²) < 4.78 is 0. The van der Waals surface area contributed by atoms with Gasteiger partial charge in [0.05, 0.1) is 0 Å². The monoisotopic (exact) mass is 225 g/mol. The standard InChI is InChI=1S/C13H27N3/c1-15(2)12-5-3-8-16(9-12)11-13(10-14)6-4-7-13/h12H,3-11,14H2,1-2H3. The van der Waals surface area contributed by atoms with E-state index in [1.165, 1.54) is 51.7 Å². The zero-order valence-corrected chi connectivity index (χ0v) is 10.9. The van der Waals surface area contributed by atoms with Gasteiger partial charge in [-0.15, -0.1) is 0 Å². The zero-order chi connectivity index (χ0) is 11.6. The Morgan fingerprint density at radius 1 is 1.31 bits per heavy atom. The first kappa shape index (κ1) is 12.3. The van der Waals surface area contributed by atoms with Gasteiger partial charge in [0.25, 0.3) is 0 Å². The number of nitrogens with zero attached hydrogens (tertiary/aromatic N) is 2. The Balaban J connectivity index is 1.85. The van der Waals surface area contributed by atoms with Crippen molar-refractivity contribution < 1.29 is 0 Å². The lowest BCUT2D eigenvalue weighted by Crippen LogP contribution is -2.52. The molecule has 16 heavy (non-hydrogen) atoms. The van der Waals surface area contributed by atoms with E-state index in [2.05, 4.69) is 23.9 Å². The molecule has 1 atom stereocenters. The van der Waals surface area contributed by atoms with Crippen LogP contribution in [0.15, 0.2) is 0 Å². The van der Waals surface area contributed by atoms with Gasteiger partial charge in [0.15, 0.2) is 0 Å². The molecule has 3 nitrogen and oxygen atoms in total. The Bertz CT molecular complexity index is 218. The fraction of sp³-hybridized carbons (Fsp3) is 1.00. The van der Waals surface area contributed by atoms with E-state index in [9.17, 15) is 0 Å². The number of likely N-dealkylation sites (N-methyl/N-ethyl adjacent to an activating group) is 1. The predicted octanol–water partition coefficient (Wildman–Crippen LogP) is 1.14. The Labute approximate surface area is 100.0 Å². The minimum atomic E-state index is 0.480. The molecule has 2 aliphatic rings. The molecular weight excluding hydrogens is 198 g/mol. The second-order valence-corrected chi connectivity index (χ2v) is 6.05. The van der Waals surface area contributed by atoms with E-state index in [-0.39, 0.29) is 0 Å². The number of hydrogen-bond acceptors (Lipinski definition) is 3. The molecule has 1 unspecified atom stereocenters. The van der Waals surface area contributed by atoms with Gasteiger partial charge >= 0.3 is 0 Å². The van der Waals surface area contributed by atoms with Gasteiger partial charge in [-0.3, -0.25) is 0 Å². The van der Waals surface area contributed by atoms with Crippen molar-refractivity contribution in [3.8, 4) is 0 Å². The number of piperidine rings is 1. The first-order valence-electron chi connectivity index (χ1n) is 6.74. The van der Waals surface area contributed by atoms with Gasteiger partial charge in [-0.25, -0.2) is 0 Å². The number of nitrogens with two attached hydrogens (primary N) is 1.